The molecule has 0 unspecified atom stereocenters. The van der Waals surface area contributed by atoms with Crippen LogP contribution in [0.25, 0.3) is 0 Å². The Morgan fingerprint density at radius 1 is 1.55 bits per heavy atom. The number of nitrogens with zero attached hydrogens (tertiary/aromatic N) is 1. The Kier molecular flexibility index (Phi) is 2.09. The fourth-order valence-electron chi connectivity index (χ4n) is 0.679. The fourth-order valence-corrected chi connectivity index (χ4v) is 0.875. The number of halogens is 1. The third-order valence-electron chi connectivity index (χ3n) is 1.26. The Hall–Kier alpha value is -1.10. The van der Waals surface area contributed by atoms with Gasteiger partial charge < -0.3 is 5.73 Å². The van der Waals surface area contributed by atoms with Gasteiger partial charge in [0, 0.05) is 0 Å². The standard InChI is InChI=1S/C6H6FN3S/c7-3-1-2-4(8)5(9)6(3)10-11/h1-2,9,11H,8H2/b9-5?,10-6-. The van der Waals surface area contributed by atoms with Gasteiger partial charge in [0.1, 0.15) is 11.4 Å². The molecule has 0 saturated heterocycles. The van der Waals surface area contributed by atoms with Gasteiger partial charge in [-0.3, -0.25) is 5.41 Å². The van der Waals surface area contributed by atoms with Crippen LogP contribution in [0.2, 0.25) is 0 Å². The zero-order valence-electron chi connectivity index (χ0n) is 5.50. The molecule has 0 fully saturated rings. The maximum atomic E-state index is 12.7. The van der Waals surface area contributed by atoms with E-state index in [0.717, 1.165) is 6.08 Å². The van der Waals surface area contributed by atoms with Gasteiger partial charge in [-0.2, -0.15) is 0 Å². The van der Waals surface area contributed by atoms with Crippen molar-refractivity contribution >= 4 is 24.2 Å². The summed E-state index contributed by atoms with van der Waals surface area (Å²) in [6, 6.07) is 0. The van der Waals surface area contributed by atoms with E-state index in [1.165, 1.54) is 6.08 Å². The first-order valence-corrected chi connectivity index (χ1v) is 3.21. The average molecular weight is 171 g/mol. The van der Waals surface area contributed by atoms with Crippen molar-refractivity contribution in [3.05, 3.63) is 23.7 Å². The van der Waals surface area contributed by atoms with Crippen LogP contribution in [0.5, 0.6) is 0 Å². The molecule has 0 aromatic carbocycles. The molecule has 0 bridgehead atoms. The molecule has 0 spiro atoms. The van der Waals surface area contributed by atoms with E-state index in [4.69, 9.17) is 11.1 Å². The predicted molar refractivity (Wildman–Crippen MR) is 45.6 cm³/mol. The van der Waals surface area contributed by atoms with Crippen LogP contribution in [-0.2, 0) is 0 Å². The van der Waals surface area contributed by atoms with E-state index in [9.17, 15) is 4.39 Å². The minimum absolute atomic E-state index is 0.117. The third-order valence-corrected chi connectivity index (χ3v) is 1.46. The number of thiol groups is 1. The second-order valence-corrected chi connectivity index (χ2v) is 2.16. The van der Waals surface area contributed by atoms with Gasteiger partial charge in [-0.25, -0.2) is 8.79 Å². The maximum Gasteiger partial charge on any atom is 0.151 e. The Labute approximate surface area is 68.6 Å². The fraction of sp³-hybridized carbons (Fsp3) is 0. The van der Waals surface area contributed by atoms with Gasteiger partial charge in [0.25, 0.3) is 0 Å². The molecule has 0 atom stereocenters. The van der Waals surface area contributed by atoms with Gasteiger partial charge >= 0.3 is 0 Å². The lowest BCUT2D eigenvalue weighted by Crippen LogP contribution is -2.23. The minimum Gasteiger partial charge on any atom is -0.397 e. The predicted octanol–water partition coefficient (Wildman–Crippen LogP) is 1.00. The molecule has 11 heavy (non-hydrogen) atoms. The molecule has 0 aliphatic heterocycles. The molecular weight excluding hydrogens is 165 g/mol. The first kappa shape index (κ1) is 8.00. The highest BCUT2D eigenvalue weighted by atomic mass is 32.1. The van der Waals surface area contributed by atoms with E-state index < -0.39 is 5.83 Å². The van der Waals surface area contributed by atoms with Gasteiger partial charge in [0.15, 0.2) is 5.83 Å². The number of allylic oxidation sites excluding steroid dienone is 4. The summed E-state index contributed by atoms with van der Waals surface area (Å²) in [6.07, 6.45) is 2.47. The van der Waals surface area contributed by atoms with Crippen LogP contribution >= 0.6 is 12.8 Å². The van der Waals surface area contributed by atoms with E-state index in [1.807, 2.05) is 0 Å². The van der Waals surface area contributed by atoms with E-state index in [0.29, 0.717) is 0 Å². The molecule has 0 aromatic heterocycles. The SMILES string of the molecule is N=C1C(N)=CC=C(F)/C1=N/S. The van der Waals surface area contributed by atoms with Crippen LogP contribution in [0.4, 0.5) is 4.39 Å². The largest absolute Gasteiger partial charge is 0.397 e. The number of nitrogens with two attached hydrogens (primary N) is 1. The highest BCUT2D eigenvalue weighted by molar-refractivity contribution is 7.79. The molecule has 0 saturated carbocycles. The van der Waals surface area contributed by atoms with Crippen LogP contribution in [0.3, 0.4) is 0 Å². The van der Waals surface area contributed by atoms with E-state index >= 15 is 0 Å². The molecule has 0 heterocycles. The summed E-state index contributed by atoms with van der Waals surface area (Å²) in [5.74, 6) is -0.584. The zero-order valence-corrected chi connectivity index (χ0v) is 6.40. The van der Waals surface area contributed by atoms with Crippen molar-refractivity contribution in [3.8, 4) is 0 Å². The quantitative estimate of drug-likeness (QED) is 0.369. The van der Waals surface area contributed by atoms with Crippen LogP contribution in [-0.4, -0.2) is 11.4 Å². The normalized spacial score (nSPS) is 21.6. The molecule has 3 N–H and O–H groups in total. The van der Waals surface area contributed by atoms with Crippen LogP contribution in [0, 0.1) is 5.41 Å². The van der Waals surface area contributed by atoms with Crippen molar-refractivity contribution in [2.45, 2.75) is 0 Å². The highest BCUT2D eigenvalue weighted by Gasteiger charge is 2.17. The Balaban J connectivity index is 3.13. The topological polar surface area (TPSA) is 62.2 Å². The van der Waals surface area contributed by atoms with Gasteiger partial charge in [-0.1, -0.05) is 0 Å². The zero-order chi connectivity index (χ0) is 8.43. The number of nitrogens with one attached hydrogen (secondary N) is 1. The van der Waals surface area contributed by atoms with Crippen molar-refractivity contribution in [2.24, 2.45) is 10.1 Å². The van der Waals surface area contributed by atoms with E-state index in [1.54, 1.807) is 0 Å². The molecule has 5 heteroatoms. The van der Waals surface area contributed by atoms with Crippen molar-refractivity contribution in [3.63, 3.8) is 0 Å². The van der Waals surface area contributed by atoms with Crippen LogP contribution in [0.1, 0.15) is 0 Å². The van der Waals surface area contributed by atoms with E-state index in [2.05, 4.69) is 17.2 Å². The van der Waals surface area contributed by atoms with Gasteiger partial charge in [0.2, 0.25) is 0 Å². The second kappa shape index (κ2) is 2.87. The molecule has 3 nitrogen and oxygen atoms in total. The molecule has 0 aromatic rings. The summed E-state index contributed by atoms with van der Waals surface area (Å²) < 4.78 is 16.0. The number of rotatable bonds is 0. The van der Waals surface area contributed by atoms with E-state index in [-0.39, 0.29) is 17.1 Å². The lowest BCUT2D eigenvalue weighted by molar-refractivity contribution is 0.683. The summed E-state index contributed by atoms with van der Waals surface area (Å²) in [6.45, 7) is 0. The smallest absolute Gasteiger partial charge is 0.151 e. The Morgan fingerprint density at radius 3 is 2.64 bits per heavy atom. The first-order valence-electron chi connectivity index (χ1n) is 2.81. The third kappa shape index (κ3) is 1.32. The van der Waals surface area contributed by atoms with Gasteiger partial charge in [-0.15, -0.1) is 0 Å². The lowest BCUT2D eigenvalue weighted by Gasteiger charge is -2.08. The summed E-state index contributed by atoms with van der Waals surface area (Å²) in [5.41, 5.74) is 5.27. The monoisotopic (exact) mass is 171 g/mol. The summed E-state index contributed by atoms with van der Waals surface area (Å²) in [4.78, 5) is 0. The van der Waals surface area contributed by atoms with Gasteiger partial charge in [-0.05, 0) is 25.0 Å². The molecular formula is C6H6FN3S. The summed E-state index contributed by atoms with van der Waals surface area (Å²) in [7, 11) is 0. The highest BCUT2D eigenvalue weighted by Crippen LogP contribution is 2.11. The molecule has 0 amide bonds. The number of hydrogen-bond donors (Lipinski definition) is 3. The summed E-state index contributed by atoms with van der Waals surface area (Å²) in [5, 5.41) is 7.23. The average Bonchev–Trinajstić information content (AvgIpc) is 1.99. The maximum absolute atomic E-state index is 12.7. The Bertz CT molecular complexity index is 286. The van der Waals surface area contributed by atoms with Crippen LogP contribution in [0.15, 0.2) is 28.1 Å². The lowest BCUT2D eigenvalue weighted by atomic mass is 10.1. The molecule has 1 aliphatic carbocycles. The number of hydrogen-bond acceptors (Lipinski definition) is 4. The molecule has 58 valence electrons. The minimum atomic E-state index is -0.584. The van der Waals surface area contributed by atoms with Crippen molar-refractivity contribution in [2.75, 3.05) is 0 Å². The molecule has 0 radical (unpaired) electrons. The van der Waals surface area contributed by atoms with Gasteiger partial charge in [0.05, 0.1) is 5.70 Å². The molecule has 1 aliphatic rings. The van der Waals surface area contributed by atoms with Crippen LogP contribution < -0.4 is 5.73 Å². The van der Waals surface area contributed by atoms with Crippen molar-refractivity contribution < 1.29 is 4.39 Å². The van der Waals surface area contributed by atoms with Crippen molar-refractivity contribution in [1.82, 2.24) is 0 Å². The molecule has 1 rings (SSSR count). The first-order chi connectivity index (χ1) is 5.16. The second-order valence-electron chi connectivity index (χ2n) is 1.96. The summed E-state index contributed by atoms with van der Waals surface area (Å²) >= 11 is 3.51. The Morgan fingerprint density at radius 2 is 2.18 bits per heavy atom. The van der Waals surface area contributed by atoms with Crippen molar-refractivity contribution in [1.29, 1.82) is 5.41 Å².